The van der Waals surface area contributed by atoms with Crippen molar-refractivity contribution in [1.82, 2.24) is 0 Å². The molecule has 2 aromatic rings. The van der Waals surface area contributed by atoms with Crippen LogP contribution in [0.25, 0.3) is 0 Å². The monoisotopic (exact) mass is 276 g/mol. The molecule has 1 aromatic heterocycles. The van der Waals surface area contributed by atoms with E-state index >= 15 is 0 Å². The Kier molecular flexibility index (Phi) is 3.37. The Balaban J connectivity index is 1.71. The molecule has 0 bridgehead atoms. The predicted molar refractivity (Wildman–Crippen MR) is 71.5 cm³/mol. The van der Waals surface area contributed by atoms with Gasteiger partial charge in [0.05, 0.1) is 12.2 Å². The summed E-state index contributed by atoms with van der Waals surface area (Å²) in [6.07, 6.45) is 1.58. The van der Waals surface area contributed by atoms with Crippen LogP contribution in [0.15, 0.2) is 29.0 Å². The van der Waals surface area contributed by atoms with E-state index in [1.165, 1.54) is 5.56 Å². The maximum Gasteiger partial charge on any atom is 0.231 e. The topological polar surface area (TPSA) is 44.8 Å². The molecule has 1 aliphatic rings. The summed E-state index contributed by atoms with van der Waals surface area (Å²) in [6.45, 7) is 0.712. The molecule has 0 N–H and O–H groups in total. The van der Waals surface area contributed by atoms with Gasteiger partial charge in [0.2, 0.25) is 6.79 Å². The highest BCUT2D eigenvalue weighted by Gasteiger charge is 2.17. The van der Waals surface area contributed by atoms with Crippen molar-refractivity contribution in [2.45, 2.75) is 6.42 Å². The molecule has 4 nitrogen and oxygen atoms in total. The molecule has 1 aromatic carbocycles. The fourth-order valence-corrected chi connectivity index (χ4v) is 2.57. The van der Waals surface area contributed by atoms with Crippen LogP contribution in [0, 0.1) is 0 Å². The number of hydrogen-bond acceptors (Lipinski definition) is 5. The molecule has 19 heavy (non-hydrogen) atoms. The molecule has 0 saturated carbocycles. The van der Waals surface area contributed by atoms with E-state index in [9.17, 15) is 4.79 Å². The number of carbonyl (C=O) groups is 1. The quantitative estimate of drug-likeness (QED) is 0.788. The highest BCUT2D eigenvalue weighted by Crippen LogP contribution is 2.37. The van der Waals surface area contributed by atoms with E-state index < -0.39 is 0 Å². The van der Waals surface area contributed by atoms with Crippen LogP contribution in [0.1, 0.15) is 15.9 Å². The fraction of sp³-hybridized carbons (Fsp3) is 0.214. The van der Waals surface area contributed by atoms with Gasteiger partial charge < -0.3 is 14.2 Å². The number of benzene rings is 1. The number of carbonyl (C=O) groups excluding carboxylic acids is 1. The van der Waals surface area contributed by atoms with Crippen LogP contribution < -0.4 is 14.2 Å². The third-order valence-electron chi connectivity index (χ3n) is 2.86. The number of thiophene rings is 1. The lowest BCUT2D eigenvalue weighted by Crippen LogP contribution is -2.02. The summed E-state index contributed by atoms with van der Waals surface area (Å²) in [5, 5.41) is 4.12. The Bertz CT molecular complexity index is 577. The van der Waals surface area contributed by atoms with Gasteiger partial charge in [0.1, 0.15) is 5.75 Å². The SMILES string of the molecule is O=Cc1cc2c(cc1OCCc1ccsc1)OCO2. The Hall–Kier alpha value is -2.01. The van der Waals surface area contributed by atoms with Gasteiger partial charge in [-0.3, -0.25) is 4.79 Å². The first kappa shape index (κ1) is 12.0. The number of hydrogen-bond donors (Lipinski definition) is 0. The van der Waals surface area contributed by atoms with E-state index in [-0.39, 0.29) is 6.79 Å². The van der Waals surface area contributed by atoms with Crippen LogP contribution in [-0.2, 0) is 6.42 Å². The van der Waals surface area contributed by atoms with E-state index in [1.54, 1.807) is 23.5 Å². The first-order chi connectivity index (χ1) is 9.36. The molecule has 2 heterocycles. The first-order valence-electron chi connectivity index (χ1n) is 5.89. The van der Waals surface area contributed by atoms with Crippen LogP contribution in [0.2, 0.25) is 0 Å². The number of aldehydes is 1. The minimum Gasteiger partial charge on any atom is -0.492 e. The molecule has 0 saturated heterocycles. The van der Waals surface area contributed by atoms with Crippen molar-refractivity contribution in [2.75, 3.05) is 13.4 Å². The van der Waals surface area contributed by atoms with Crippen molar-refractivity contribution in [3.8, 4) is 17.2 Å². The lowest BCUT2D eigenvalue weighted by Gasteiger charge is -2.09. The smallest absolute Gasteiger partial charge is 0.231 e. The van der Waals surface area contributed by atoms with Gasteiger partial charge in [0, 0.05) is 12.5 Å². The van der Waals surface area contributed by atoms with E-state index in [2.05, 4.69) is 11.4 Å². The molecule has 0 amide bonds. The average Bonchev–Trinajstić information content (AvgIpc) is 3.08. The minimum absolute atomic E-state index is 0.186. The summed E-state index contributed by atoms with van der Waals surface area (Å²) in [5.41, 5.74) is 1.72. The van der Waals surface area contributed by atoms with Gasteiger partial charge in [-0.2, -0.15) is 11.3 Å². The molecular formula is C14H12O4S. The average molecular weight is 276 g/mol. The molecular weight excluding hydrogens is 264 g/mol. The molecule has 0 spiro atoms. The summed E-state index contributed by atoms with van der Waals surface area (Å²) in [6, 6.07) is 5.42. The maximum absolute atomic E-state index is 11.0. The van der Waals surface area contributed by atoms with Crippen molar-refractivity contribution in [2.24, 2.45) is 0 Å². The normalized spacial score (nSPS) is 12.4. The van der Waals surface area contributed by atoms with Gasteiger partial charge in [-0.05, 0) is 28.5 Å². The predicted octanol–water partition coefficient (Wildman–Crippen LogP) is 2.91. The molecule has 0 aliphatic carbocycles. The van der Waals surface area contributed by atoms with Gasteiger partial charge in [-0.25, -0.2) is 0 Å². The zero-order valence-electron chi connectivity index (χ0n) is 10.1. The van der Waals surface area contributed by atoms with Gasteiger partial charge in [0.15, 0.2) is 17.8 Å². The third kappa shape index (κ3) is 2.56. The standard InChI is InChI=1S/C14H12O4S/c15-7-11-5-13-14(18-9-17-13)6-12(11)16-3-1-10-2-4-19-8-10/h2,4-8H,1,3,9H2. The van der Waals surface area contributed by atoms with Crippen molar-refractivity contribution in [3.63, 3.8) is 0 Å². The summed E-state index contributed by atoms with van der Waals surface area (Å²) in [5.74, 6) is 1.75. The lowest BCUT2D eigenvalue weighted by atomic mass is 10.2. The second kappa shape index (κ2) is 5.32. The number of ether oxygens (including phenoxy) is 3. The van der Waals surface area contributed by atoms with Gasteiger partial charge in [-0.1, -0.05) is 0 Å². The molecule has 0 radical (unpaired) electrons. The zero-order valence-corrected chi connectivity index (χ0v) is 10.9. The second-order valence-electron chi connectivity index (χ2n) is 4.09. The van der Waals surface area contributed by atoms with Crippen LogP contribution in [0.5, 0.6) is 17.2 Å². The summed E-state index contributed by atoms with van der Waals surface area (Å²) >= 11 is 1.66. The highest BCUT2D eigenvalue weighted by atomic mass is 32.1. The zero-order chi connectivity index (χ0) is 13.1. The first-order valence-corrected chi connectivity index (χ1v) is 6.84. The Morgan fingerprint density at radius 2 is 2.16 bits per heavy atom. The molecule has 0 fully saturated rings. The van der Waals surface area contributed by atoms with E-state index in [1.807, 2.05) is 5.38 Å². The molecule has 0 unspecified atom stereocenters. The van der Waals surface area contributed by atoms with E-state index in [4.69, 9.17) is 14.2 Å². The Morgan fingerprint density at radius 3 is 2.89 bits per heavy atom. The Morgan fingerprint density at radius 1 is 1.32 bits per heavy atom. The fourth-order valence-electron chi connectivity index (χ4n) is 1.87. The van der Waals surface area contributed by atoms with Crippen molar-refractivity contribution < 1.29 is 19.0 Å². The van der Waals surface area contributed by atoms with Crippen molar-refractivity contribution in [3.05, 3.63) is 40.1 Å². The van der Waals surface area contributed by atoms with Gasteiger partial charge in [-0.15, -0.1) is 0 Å². The molecule has 3 rings (SSSR count). The molecule has 0 atom stereocenters. The van der Waals surface area contributed by atoms with Gasteiger partial charge in [0.25, 0.3) is 0 Å². The second-order valence-corrected chi connectivity index (χ2v) is 4.87. The largest absolute Gasteiger partial charge is 0.492 e. The van der Waals surface area contributed by atoms with Crippen LogP contribution in [0.4, 0.5) is 0 Å². The minimum atomic E-state index is 0.186. The summed E-state index contributed by atoms with van der Waals surface area (Å²) in [7, 11) is 0. The van der Waals surface area contributed by atoms with E-state index in [0.29, 0.717) is 29.4 Å². The van der Waals surface area contributed by atoms with Crippen molar-refractivity contribution in [1.29, 1.82) is 0 Å². The molecule has 98 valence electrons. The van der Waals surface area contributed by atoms with Crippen LogP contribution in [0.3, 0.4) is 0 Å². The third-order valence-corrected chi connectivity index (χ3v) is 3.59. The van der Waals surface area contributed by atoms with E-state index in [0.717, 1.165) is 12.7 Å². The summed E-state index contributed by atoms with van der Waals surface area (Å²) in [4.78, 5) is 11.0. The Labute approximate surface area is 114 Å². The summed E-state index contributed by atoms with van der Waals surface area (Å²) < 4.78 is 16.2. The highest BCUT2D eigenvalue weighted by molar-refractivity contribution is 7.07. The van der Waals surface area contributed by atoms with Crippen LogP contribution in [-0.4, -0.2) is 19.7 Å². The molecule has 5 heteroatoms. The number of rotatable bonds is 5. The number of fused-ring (bicyclic) bond motifs is 1. The molecule has 1 aliphatic heterocycles. The van der Waals surface area contributed by atoms with Gasteiger partial charge >= 0.3 is 0 Å². The van der Waals surface area contributed by atoms with Crippen LogP contribution >= 0.6 is 11.3 Å². The maximum atomic E-state index is 11.0. The van der Waals surface area contributed by atoms with Crippen molar-refractivity contribution >= 4 is 17.6 Å². The lowest BCUT2D eigenvalue weighted by molar-refractivity contribution is 0.111.